The Kier molecular flexibility index (Phi) is 4.17. The summed E-state index contributed by atoms with van der Waals surface area (Å²) in [6.45, 7) is 1.36. The lowest BCUT2D eigenvalue weighted by atomic mass is 10.2. The normalized spacial score (nSPS) is 14.2. The Balaban J connectivity index is 1.48. The fraction of sp³-hybridized carbons (Fsp3) is 0.353. The third-order valence-electron chi connectivity index (χ3n) is 4.33. The Bertz CT molecular complexity index is 833. The van der Waals surface area contributed by atoms with Gasteiger partial charge in [0.05, 0.1) is 12.2 Å². The van der Waals surface area contributed by atoms with Crippen LogP contribution in [0.5, 0.6) is 0 Å². The number of aryl methyl sites for hydroxylation is 1. The number of rotatable bonds is 4. The van der Waals surface area contributed by atoms with Gasteiger partial charge >= 0.3 is 0 Å². The zero-order chi connectivity index (χ0) is 16.4. The second kappa shape index (κ2) is 6.60. The molecule has 24 heavy (non-hydrogen) atoms. The molecule has 3 aromatic heterocycles. The third-order valence-corrected chi connectivity index (χ3v) is 5.23. The molecule has 0 atom stereocenters. The Labute approximate surface area is 144 Å². The van der Waals surface area contributed by atoms with E-state index >= 15 is 0 Å². The summed E-state index contributed by atoms with van der Waals surface area (Å²) in [6.07, 6.45) is 8.40. The first kappa shape index (κ1) is 15.1. The fourth-order valence-electron chi connectivity index (χ4n) is 3.09. The molecule has 0 spiro atoms. The van der Waals surface area contributed by atoms with Gasteiger partial charge in [-0.3, -0.25) is 4.79 Å². The number of hydrogen-bond donors (Lipinski definition) is 1. The average Bonchev–Trinajstić information content (AvgIpc) is 3.31. The van der Waals surface area contributed by atoms with Crippen molar-refractivity contribution in [3.8, 4) is 5.69 Å². The van der Waals surface area contributed by atoms with Gasteiger partial charge in [0.15, 0.2) is 5.82 Å². The van der Waals surface area contributed by atoms with Crippen LogP contribution >= 0.6 is 11.3 Å². The van der Waals surface area contributed by atoms with Crippen molar-refractivity contribution in [2.75, 3.05) is 0 Å². The standard InChI is InChI=1S/C17H19N5OS/c23-17(16-13(7-11-24-16)21-8-4-5-9-21)18-12-15-20-19-14-6-2-1-3-10-22(14)15/h4-5,7-9,11H,1-3,6,10,12H2,(H,18,23). The third kappa shape index (κ3) is 2.87. The number of fused-ring (bicyclic) bond motifs is 1. The van der Waals surface area contributed by atoms with E-state index < -0.39 is 0 Å². The van der Waals surface area contributed by atoms with Crippen LogP contribution in [0.1, 0.15) is 40.6 Å². The average molecular weight is 341 g/mol. The summed E-state index contributed by atoms with van der Waals surface area (Å²) in [5, 5.41) is 13.5. The van der Waals surface area contributed by atoms with Crippen molar-refractivity contribution in [1.82, 2.24) is 24.6 Å². The molecule has 124 valence electrons. The van der Waals surface area contributed by atoms with Crippen molar-refractivity contribution < 1.29 is 4.79 Å². The lowest BCUT2D eigenvalue weighted by Crippen LogP contribution is -2.25. The van der Waals surface area contributed by atoms with E-state index in [1.807, 2.05) is 40.5 Å². The van der Waals surface area contributed by atoms with Crippen LogP contribution in [0.4, 0.5) is 0 Å². The maximum atomic E-state index is 12.6. The highest BCUT2D eigenvalue weighted by Gasteiger charge is 2.17. The van der Waals surface area contributed by atoms with Crippen molar-refractivity contribution in [2.24, 2.45) is 0 Å². The van der Waals surface area contributed by atoms with Crippen molar-refractivity contribution in [3.63, 3.8) is 0 Å². The second-order valence-electron chi connectivity index (χ2n) is 5.90. The highest BCUT2D eigenvalue weighted by Crippen LogP contribution is 2.21. The van der Waals surface area contributed by atoms with Gasteiger partial charge in [-0.05, 0) is 36.4 Å². The molecule has 0 saturated carbocycles. The minimum Gasteiger partial charge on any atom is -0.344 e. The molecule has 4 rings (SSSR count). The molecule has 1 aliphatic heterocycles. The number of aromatic nitrogens is 4. The van der Waals surface area contributed by atoms with E-state index in [1.54, 1.807) is 0 Å². The summed E-state index contributed by atoms with van der Waals surface area (Å²) >= 11 is 1.45. The Morgan fingerprint density at radius 1 is 1.21 bits per heavy atom. The van der Waals surface area contributed by atoms with Gasteiger partial charge in [0.25, 0.3) is 5.91 Å². The van der Waals surface area contributed by atoms with Crippen molar-refractivity contribution in [1.29, 1.82) is 0 Å². The molecule has 0 radical (unpaired) electrons. The molecule has 6 nitrogen and oxygen atoms in total. The van der Waals surface area contributed by atoms with E-state index in [-0.39, 0.29) is 5.91 Å². The first-order valence-corrected chi connectivity index (χ1v) is 9.11. The predicted octanol–water partition coefficient (Wildman–Crippen LogP) is 2.79. The van der Waals surface area contributed by atoms with Crippen LogP contribution in [0.2, 0.25) is 0 Å². The van der Waals surface area contributed by atoms with E-state index in [1.165, 1.54) is 24.2 Å². The van der Waals surface area contributed by atoms with Crippen LogP contribution in [0.15, 0.2) is 36.0 Å². The van der Waals surface area contributed by atoms with Crippen molar-refractivity contribution in [3.05, 3.63) is 52.5 Å². The zero-order valence-corrected chi connectivity index (χ0v) is 14.1. The lowest BCUT2D eigenvalue weighted by molar-refractivity contribution is 0.0953. The molecular formula is C17H19N5OS. The largest absolute Gasteiger partial charge is 0.344 e. The van der Waals surface area contributed by atoms with Crippen LogP contribution < -0.4 is 5.32 Å². The molecule has 0 aromatic carbocycles. The molecule has 3 aromatic rings. The number of thiophene rings is 1. The van der Waals surface area contributed by atoms with Crippen LogP contribution in [0, 0.1) is 0 Å². The first-order chi connectivity index (χ1) is 11.8. The molecule has 0 fully saturated rings. The molecule has 1 N–H and O–H groups in total. The topological polar surface area (TPSA) is 64.7 Å². The van der Waals surface area contributed by atoms with E-state index in [2.05, 4.69) is 20.1 Å². The lowest BCUT2D eigenvalue weighted by Gasteiger charge is -2.09. The Morgan fingerprint density at radius 2 is 2.08 bits per heavy atom. The van der Waals surface area contributed by atoms with Crippen LogP contribution in [-0.2, 0) is 19.5 Å². The molecule has 4 heterocycles. The molecule has 1 aliphatic rings. The summed E-state index contributed by atoms with van der Waals surface area (Å²) in [6, 6.07) is 5.86. The number of carbonyl (C=O) groups excluding carboxylic acids is 1. The maximum Gasteiger partial charge on any atom is 0.263 e. The van der Waals surface area contributed by atoms with Gasteiger partial charge in [-0.1, -0.05) is 6.42 Å². The summed E-state index contributed by atoms with van der Waals surface area (Å²) in [5.74, 6) is 1.82. The van der Waals surface area contributed by atoms with Gasteiger partial charge < -0.3 is 14.5 Å². The zero-order valence-electron chi connectivity index (χ0n) is 13.3. The monoisotopic (exact) mass is 341 g/mol. The van der Waals surface area contributed by atoms with Crippen LogP contribution in [-0.4, -0.2) is 25.2 Å². The first-order valence-electron chi connectivity index (χ1n) is 8.23. The predicted molar refractivity (Wildman–Crippen MR) is 92.4 cm³/mol. The second-order valence-corrected chi connectivity index (χ2v) is 6.82. The van der Waals surface area contributed by atoms with Gasteiger partial charge in [0, 0.05) is 25.4 Å². The quantitative estimate of drug-likeness (QED) is 0.793. The summed E-state index contributed by atoms with van der Waals surface area (Å²) in [5.41, 5.74) is 0.905. The highest BCUT2D eigenvalue weighted by molar-refractivity contribution is 7.12. The van der Waals surface area contributed by atoms with E-state index in [9.17, 15) is 4.79 Å². The van der Waals surface area contributed by atoms with Gasteiger partial charge in [-0.25, -0.2) is 0 Å². The maximum absolute atomic E-state index is 12.6. The molecule has 0 saturated heterocycles. The van der Waals surface area contributed by atoms with E-state index in [0.29, 0.717) is 11.4 Å². The molecule has 0 bridgehead atoms. The smallest absolute Gasteiger partial charge is 0.263 e. The SMILES string of the molecule is O=C(NCc1nnc2n1CCCCC2)c1sccc1-n1cccc1. The van der Waals surface area contributed by atoms with E-state index in [4.69, 9.17) is 0 Å². The van der Waals surface area contributed by atoms with Crippen molar-refractivity contribution >= 4 is 17.2 Å². The molecule has 7 heteroatoms. The number of carbonyl (C=O) groups is 1. The summed E-state index contributed by atoms with van der Waals surface area (Å²) in [4.78, 5) is 13.3. The summed E-state index contributed by atoms with van der Waals surface area (Å²) in [7, 11) is 0. The highest BCUT2D eigenvalue weighted by atomic mass is 32.1. The van der Waals surface area contributed by atoms with Crippen LogP contribution in [0.25, 0.3) is 5.69 Å². The van der Waals surface area contributed by atoms with Gasteiger partial charge in [-0.15, -0.1) is 21.5 Å². The van der Waals surface area contributed by atoms with Crippen LogP contribution in [0.3, 0.4) is 0 Å². The Hall–Kier alpha value is -2.41. The number of nitrogens with zero attached hydrogens (tertiary/aromatic N) is 4. The van der Waals surface area contributed by atoms with Gasteiger partial charge in [-0.2, -0.15) is 0 Å². The summed E-state index contributed by atoms with van der Waals surface area (Å²) < 4.78 is 4.11. The number of nitrogens with one attached hydrogen (secondary N) is 1. The Morgan fingerprint density at radius 3 is 2.96 bits per heavy atom. The molecule has 0 unspecified atom stereocenters. The number of amides is 1. The van der Waals surface area contributed by atoms with Gasteiger partial charge in [0.2, 0.25) is 0 Å². The molecule has 0 aliphatic carbocycles. The van der Waals surface area contributed by atoms with Crippen molar-refractivity contribution in [2.45, 2.75) is 38.8 Å². The van der Waals surface area contributed by atoms with E-state index in [0.717, 1.165) is 36.7 Å². The fourth-order valence-corrected chi connectivity index (χ4v) is 3.89. The van der Waals surface area contributed by atoms with Gasteiger partial charge in [0.1, 0.15) is 10.7 Å². The minimum absolute atomic E-state index is 0.0697. The molecular weight excluding hydrogens is 322 g/mol. The molecule has 1 amide bonds. The number of hydrogen-bond acceptors (Lipinski definition) is 4. The minimum atomic E-state index is -0.0697.